The number of rotatable bonds is 15. The van der Waals surface area contributed by atoms with Crippen molar-refractivity contribution in [2.75, 3.05) is 0 Å². The molecule has 0 fully saturated rings. The van der Waals surface area contributed by atoms with Crippen LogP contribution < -0.4 is 10.6 Å². The van der Waals surface area contributed by atoms with Gasteiger partial charge in [-0.05, 0) is 0 Å². The second-order valence-electron chi connectivity index (χ2n) is 22.7. The molecule has 0 aliphatic rings. The number of aryl methyl sites for hydroxylation is 1. The van der Waals surface area contributed by atoms with Crippen LogP contribution in [0.5, 0.6) is 0 Å². The number of fused-ring (bicyclic) bond motifs is 2. The Morgan fingerprint density at radius 3 is 1.18 bits per heavy atom. The van der Waals surface area contributed by atoms with Gasteiger partial charge in [0.2, 0.25) is 0 Å². The van der Waals surface area contributed by atoms with Gasteiger partial charge in [0.25, 0.3) is 0 Å². The van der Waals surface area contributed by atoms with Gasteiger partial charge < -0.3 is 0 Å². The third-order valence-corrected chi connectivity index (χ3v) is 18.8. The summed E-state index contributed by atoms with van der Waals surface area (Å²) >= 11 is 0. The van der Waals surface area contributed by atoms with Crippen LogP contribution in [0.15, 0.2) is 66.7 Å². The first-order valence-electron chi connectivity index (χ1n) is 23.5. The van der Waals surface area contributed by atoms with Gasteiger partial charge in [0, 0.05) is 0 Å². The molecule has 0 saturated carbocycles. The van der Waals surface area contributed by atoms with Crippen LogP contribution in [0, 0.1) is 6.92 Å². The molecular weight excluding hydrogens is 764 g/mol. The summed E-state index contributed by atoms with van der Waals surface area (Å²) in [5, 5.41) is 4.84. The van der Waals surface area contributed by atoms with Crippen molar-refractivity contribution in [2.45, 2.75) is 203 Å². The Balaban J connectivity index is 2.01. The molecule has 0 radical (unpaired) electrons. The van der Waals surface area contributed by atoms with E-state index in [-0.39, 0.29) is 37.7 Å². The van der Waals surface area contributed by atoms with Crippen molar-refractivity contribution in [1.29, 1.82) is 0 Å². The first kappa shape index (κ1) is 49.0. The predicted octanol–water partition coefficient (Wildman–Crippen LogP) is 15.3. The first-order valence-corrected chi connectivity index (χ1v) is 25.6. The van der Waals surface area contributed by atoms with Crippen molar-refractivity contribution in [2.24, 2.45) is 0 Å². The second-order valence-corrected chi connectivity index (χ2v) is 25.6. The minimum atomic E-state index is -5.93. The van der Waals surface area contributed by atoms with Crippen LogP contribution in [-0.4, -0.2) is 14.7 Å². The molecule has 0 unspecified atom stereocenters. The molecule has 5 rings (SSSR count). The molecule has 61 heavy (non-hydrogen) atoms. The predicted molar refractivity (Wildman–Crippen MR) is 271 cm³/mol. The average molecular weight is 847 g/mol. The zero-order valence-electron chi connectivity index (χ0n) is 41.9. The summed E-state index contributed by atoms with van der Waals surface area (Å²) in [5.41, 5.74) is 8.50. The van der Waals surface area contributed by atoms with E-state index in [2.05, 4.69) is 180 Å². The Kier molecular flexibility index (Phi) is 13.0. The fraction of sp³-hybridized carbons (Fsp3) is 0.544. The molecule has 0 saturated heterocycles. The van der Waals surface area contributed by atoms with Gasteiger partial charge in [-0.2, -0.15) is 0 Å². The van der Waals surface area contributed by atoms with E-state index in [9.17, 15) is 14.7 Å². The van der Waals surface area contributed by atoms with E-state index in [1.54, 1.807) is 6.07 Å². The van der Waals surface area contributed by atoms with Crippen molar-refractivity contribution in [1.82, 2.24) is 0 Å². The summed E-state index contributed by atoms with van der Waals surface area (Å²) in [4.78, 5) is 40.2. The van der Waals surface area contributed by atoms with Gasteiger partial charge in [-0.3, -0.25) is 0 Å². The molecule has 0 bridgehead atoms. The van der Waals surface area contributed by atoms with Crippen molar-refractivity contribution in [3.05, 3.63) is 106 Å². The van der Waals surface area contributed by atoms with E-state index in [4.69, 9.17) is 0 Å². The van der Waals surface area contributed by atoms with Crippen molar-refractivity contribution >= 4 is 39.4 Å². The monoisotopic (exact) mass is 847 g/mol. The van der Waals surface area contributed by atoms with Crippen molar-refractivity contribution in [3.63, 3.8) is 0 Å². The Labute approximate surface area is 372 Å². The van der Waals surface area contributed by atoms with Gasteiger partial charge in [-0.1, -0.05) is 0 Å². The second kappa shape index (κ2) is 16.2. The zero-order chi connectivity index (χ0) is 46.1. The summed E-state index contributed by atoms with van der Waals surface area (Å²) < 4.78 is 0. The third-order valence-electron chi connectivity index (χ3n) is 16.3. The van der Waals surface area contributed by atoms with Gasteiger partial charge in [0.05, 0.1) is 0 Å². The number of benzene rings is 5. The maximum atomic E-state index is 13.4. The molecule has 4 heteroatoms. The number of hydrogen-bond acceptors (Lipinski definition) is 3. The molecule has 0 atom stereocenters. The molecule has 0 aliphatic heterocycles. The van der Waals surface area contributed by atoms with Crippen LogP contribution >= 0.6 is 7.28 Å². The quantitative estimate of drug-likeness (QED) is 0.0920. The van der Waals surface area contributed by atoms with Crippen LogP contribution in [0.2, 0.25) is 0 Å². The normalized spacial score (nSPS) is 14.5. The molecule has 5 aromatic carbocycles. The summed E-state index contributed by atoms with van der Waals surface area (Å²) in [6.07, 6.45) is 5.53. The first-order chi connectivity index (χ1) is 27.9. The fourth-order valence-corrected chi connectivity index (χ4v) is 11.3. The van der Waals surface area contributed by atoms with Crippen LogP contribution in [-0.2, 0) is 32.5 Å². The van der Waals surface area contributed by atoms with Crippen LogP contribution in [0.25, 0.3) is 32.7 Å². The van der Waals surface area contributed by atoms with Gasteiger partial charge in [0.1, 0.15) is 0 Å². The van der Waals surface area contributed by atoms with Gasteiger partial charge in [0.15, 0.2) is 0 Å². The summed E-state index contributed by atoms with van der Waals surface area (Å²) in [5.74, 6) is 0. The standard InChI is InChI=1S/C57H83O3P/c1-20-52(8,9)40-29-38-31-46(54(12,13)22-3)44(35-42(38)47(33-40)55(14,15)23-4)45-28-37(7)26-27-50(45)61(58,59,60)51-36-43-39(32-49(51)57(18,19)25-6)30-41(53(10,11)21-2)34-48(43)56(16,17)24-5/h26-36,58-60H,20-25H2,1-19H3. The molecule has 5 aromatic rings. The third kappa shape index (κ3) is 8.77. The Morgan fingerprint density at radius 2 is 0.754 bits per heavy atom. The fourth-order valence-electron chi connectivity index (χ4n) is 8.90. The van der Waals surface area contributed by atoms with E-state index in [0.717, 1.165) is 71.6 Å². The maximum absolute atomic E-state index is 13.4. The molecule has 3 N–H and O–H groups in total. The summed E-state index contributed by atoms with van der Waals surface area (Å²) in [7, 11) is -5.93. The van der Waals surface area contributed by atoms with E-state index in [1.807, 2.05) is 12.1 Å². The SMILES string of the molecule is CCC(C)(C)c1cc(C(C)(C)CC)c2cc(-c3cc(C)ccc3P(O)(O)(O)c3cc4c(C(C)(C)CC)cc(C(C)(C)CC)cc4cc3C(C)(C)CC)c(C(C)(C)CC)cc2c1. The van der Waals surface area contributed by atoms with E-state index in [0.29, 0.717) is 5.56 Å². The van der Waals surface area contributed by atoms with Gasteiger partial charge in [-0.15, -0.1) is 0 Å². The molecule has 0 amide bonds. The van der Waals surface area contributed by atoms with Crippen molar-refractivity contribution in [3.8, 4) is 11.1 Å². The topological polar surface area (TPSA) is 60.7 Å². The van der Waals surface area contributed by atoms with E-state index in [1.165, 1.54) is 33.0 Å². The average Bonchev–Trinajstić information content (AvgIpc) is 3.21. The van der Waals surface area contributed by atoms with Crippen molar-refractivity contribution < 1.29 is 14.7 Å². The molecule has 3 nitrogen and oxygen atoms in total. The molecule has 0 spiro atoms. The summed E-state index contributed by atoms with van der Waals surface area (Å²) in [6, 6.07) is 24.1. The van der Waals surface area contributed by atoms with E-state index < -0.39 is 12.7 Å². The molecule has 0 heterocycles. The van der Waals surface area contributed by atoms with Gasteiger partial charge in [-0.25, -0.2) is 0 Å². The Morgan fingerprint density at radius 1 is 0.377 bits per heavy atom. The van der Waals surface area contributed by atoms with Crippen LogP contribution in [0.3, 0.4) is 0 Å². The van der Waals surface area contributed by atoms with Crippen LogP contribution in [0.1, 0.15) is 202 Å². The molecule has 0 aromatic heterocycles. The minimum absolute atomic E-state index is 0.00130. The summed E-state index contributed by atoms with van der Waals surface area (Å²) in [6.45, 7) is 42.9. The molecular formula is C57H83O3P. The molecule has 334 valence electrons. The van der Waals surface area contributed by atoms with Crippen LogP contribution in [0.4, 0.5) is 0 Å². The van der Waals surface area contributed by atoms with E-state index >= 15 is 0 Å². The zero-order valence-corrected chi connectivity index (χ0v) is 42.8. The molecule has 0 aliphatic carbocycles. The Bertz CT molecular complexity index is 2450. The Hall–Kier alpha value is -3.07. The number of hydrogen-bond donors (Lipinski definition) is 3. The van der Waals surface area contributed by atoms with Gasteiger partial charge >= 0.3 is 373 Å².